The van der Waals surface area contributed by atoms with Crippen LogP contribution in [0.5, 0.6) is 0 Å². The van der Waals surface area contributed by atoms with Crippen molar-refractivity contribution in [2.24, 2.45) is 0 Å². The number of rotatable bonds is 2. The predicted octanol–water partition coefficient (Wildman–Crippen LogP) is 10.4. The molecule has 0 saturated carbocycles. The summed E-state index contributed by atoms with van der Waals surface area (Å²) in [6, 6.07) is 52.1. The molecular weight excluding hydrogens is 574 g/mol. The van der Waals surface area contributed by atoms with Crippen LogP contribution in [0.2, 0.25) is 0 Å². The zero-order valence-corrected chi connectivity index (χ0v) is 25.2. The first kappa shape index (κ1) is 24.8. The minimum Gasteiger partial charge on any atom is -0.309 e. The van der Waals surface area contributed by atoms with Crippen LogP contribution in [0.4, 0.5) is 0 Å². The molecule has 0 unspecified atom stereocenters. The maximum atomic E-state index is 5.30. The van der Waals surface area contributed by atoms with Gasteiger partial charge in [-0.25, -0.2) is 9.97 Å². The average molecular weight is 600 g/mol. The lowest BCUT2D eigenvalue weighted by Gasteiger charge is -2.11. The summed E-state index contributed by atoms with van der Waals surface area (Å²) in [7, 11) is 0. The van der Waals surface area contributed by atoms with E-state index in [0.29, 0.717) is 0 Å². The summed E-state index contributed by atoms with van der Waals surface area (Å²) < 4.78 is 7.07. The molecule has 11 aromatic rings. The highest BCUT2D eigenvalue weighted by molar-refractivity contribution is 6.31. The van der Waals surface area contributed by atoms with Crippen LogP contribution in [0, 0.1) is 0 Å². The maximum Gasteiger partial charge on any atom is 0.148 e. The van der Waals surface area contributed by atoms with E-state index in [-0.39, 0.29) is 0 Å². The quantitative estimate of drug-likeness (QED) is 0.186. The number of imidazole rings is 1. The fourth-order valence-corrected chi connectivity index (χ4v) is 7.93. The molecule has 0 bridgehead atoms. The molecule has 0 fully saturated rings. The van der Waals surface area contributed by atoms with Crippen molar-refractivity contribution in [2.45, 2.75) is 0 Å². The molecule has 5 heterocycles. The normalized spacial score (nSPS) is 12.3. The van der Waals surface area contributed by atoms with Crippen LogP contribution in [0.3, 0.4) is 0 Å². The predicted molar refractivity (Wildman–Crippen MR) is 194 cm³/mol. The van der Waals surface area contributed by atoms with Crippen LogP contribution in [0.1, 0.15) is 0 Å². The minimum absolute atomic E-state index is 0.918. The second-order valence-corrected chi connectivity index (χ2v) is 12.3. The second kappa shape index (κ2) is 9.05. The van der Waals surface area contributed by atoms with Crippen molar-refractivity contribution in [3.63, 3.8) is 0 Å². The van der Waals surface area contributed by atoms with Gasteiger partial charge in [-0.2, -0.15) is 0 Å². The van der Waals surface area contributed by atoms with Gasteiger partial charge in [-0.05, 0) is 78.2 Å². The van der Waals surface area contributed by atoms with Gasteiger partial charge in [-0.15, -0.1) is 0 Å². The van der Waals surface area contributed by atoms with Crippen LogP contribution in [-0.2, 0) is 0 Å². The van der Waals surface area contributed by atoms with Crippen molar-refractivity contribution in [1.82, 2.24) is 23.5 Å². The van der Waals surface area contributed by atoms with Crippen molar-refractivity contribution in [2.75, 3.05) is 0 Å². The summed E-state index contributed by atoms with van der Waals surface area (Å²) in [4.78, 5) is 10.2. The topological polar surface area (TPSA) is 40.0 Å². The van der Waals surface area contributed by atoms with Crippen LogP contribution in [-0.4, -0.2) is 23.5 Å². The van der Waals surface area contributed by atoms with E-state index in [9.17, 15) is 0 Å². The fraction of sp³-hybridized carbons (Fsp3) is 0. The highest BCUT2D eigenvalue weighted by Crippen LogP contribution is 2.44. The number of aromatic nitrogens is 5. The first-order valence-electron chi connectivity index (χ1n) is 15.9. The highest BCUT2D eigenvalue weighted by Gasteiger charge is 2.23. The summed E-state index contributed by atoms with van der Waals surface area (Å²) in [5.74, 6) is 0. The standard InChI is InChI=1S/C42H25N5/c1-3-12-26(13-4-1)45-34-19-9-7-16-28(34)31-24-38-32(25-37(31)45)39-36(46(38)27-14-5-2-6-15-27)22-21-29-30-17-11-23-43-41(30)47-35-20-10-8-18-33(35)44-42(47)40(29)39/h1-25H. The maximum absolute atomic E-state index is 5.30. The molecule has 0 atom stereocenters. The summed E-state index contributed by atoms with van der Waals surface area (Å²) in [5.41, 5.74) is 10.8. The molecule has 0 amide bonds. The van der Waals surface area contributed by atoms with Gasteiger partial charge in [0.25, 0.3) is 0 Å². The van der Waals surface area contributed by atoms with Gasteiger partial charge in [0.1, 0.15) is 11.3 Å². The third-order valence-corrected chi connectivity index (χ3v) is 9.83. The lowest BCUT2D eigenvalue weighted by molar-refractivity contribution is 1.17. The van der Waals surface area contributed by atoms with Gasteiger partial charge in [-0.3, -0.25) is 4.40 Å². The number of nitrogens with zero attached hydrogens (tertiary/aromatic N) is 5. The molecule has 6 aromatic carbocycles. The lowest BCUT2D eigenvalue weighted by atomic mass is 10.0. The molecular formula is C42H25N5. The summed E-state index contributed by atoms with van der Waals surface area (Å²) in [6.07, 6.45) is 1.88. The third-order valence-electron chi connectivity index (χ3n) is 9.83. The molecule has 47 heavy (non-hydrogen) atoms. The lowest BCUT2D eigenvalue weighted by Crippen LogP contribution is -1.95. The number of hydrogen-bond acceptors (Lipinski definition) is 2. The second-order valence-electron chi connectivity index (χ2n) is 12.3. The van der Waals surface area contributed by atoms with Crippen molar-refractivity contribution in [3.05, 3.63) is 152 Å². The van der Waals surface area contributed by atoms with Gasteiger partial charge >= 0.3 is 0 Å². The fourth-order valence-electron chi connectivity index (χ4n) is 7.93. The van der Waals surface area contributed by atoms with Crippen LogP contribution in [0.25, 0.3) is 93.5 Å². The Morgan fingerprint density at radius 1 is 0.383 bits per heavy atom. The molecule has 0 aliphatic rings. The van der Waals surface area contributed by atoms with Crippen molar-refractivity contribution < 1.29 is 0 Å². The summed E-state index contributed by atoms with van der Waals surface area (Å²) in [6.45, 7) is 0. The number of hydrogen-bond donors (Lipinski definition) is 0. The van der Waals surface area contributed by atoms with E-state index >= 15 is 0 Å². The Kier molecular flexibility index (Phi) is 4.78. The first-order chi connectivity index (χ1) is 23.3. The zero-order chi connectivity index (χ0) is 30.6. The zero-order valence-electron chi connectivity index (χ0n) is 25.2. The molecule has 11 rings (SSSR count). The molecule has 0 aliphatic carbocycles. The Balaban J connectivity index is 1.44. The smallest absolute Gasteiger partial charge is 0.148 e. The summed E-state index contributed by atoms with van der Waals surface area (Å²) in [5, 5.41) is 8.26. The van der Waals surface area contributed by atoms with Gasteiger partial charge in [-0.1, -0.05) is 72.8 Å². The van der Waals surface area contributed by atoms with Gasteiger partial charge in [0.15, 0.2) is 0 Å². The first-order valence-corrected chi connectivity index (χ1v) is 15.9. The van der Waals surface area contributed by atoms with E-state index in [1.54, 1.807) is 0 Å². The molecule has 0 spiro atoms. The Bertz CT molecular complexity index is 3060. The Morgan fingerprint density at radius 3 is 1.83 bits per heavy atom. The van der Waals surface area contributed by atoms with Crippen molar-refractivity contribution in [3.8, 4) is 11.4 Å². The van der Waals surface area contributed by atoms with E-state index in [2.05, 4.69) is 153 Å². The molecule has 5 heteroatoms. The molecule has 0 radical (unpaired) electrons. The SMILES string of the molecule is c1ccc(-n2c3ccccc3c3cc4c(cc32)c2c3c(ccc2n4-c2ccccc2)c2cccnc2n2c4ccccc4nc32)cc1. The Hall–Kier alpha value is -6.46. The van der Waals surface area contributed by atoms with Gasteiger partial charge in [0, 0.05) is 49.9 Å². The monoisotopic (exact) mass is 599 g/mol. The molecule has 0 N–H and O–H groups in total. The largest absolute Gasteiger partial charge is 0.309 e. The van der Waals surface area contributed by atoms with E-state index in [0.717, 1.165) is 55.4 Å². The van der Waals surface area contributed by atoms with Gasteiger partial charge in [0.2, 0.25) is 0 Å². The molecule has 0 aliphatic heterocycles. The number of fused-ring (bicyclic) bond motifs is 15. The van der Waals surface area contributed by atoms with Crippen LogP contribution < -0.4 is 0 Å². The third kappa shape index (κ3) is 3.22. The Labute approximate surface area is 268 Å². The highest BCUT2D eigenvalue weighted by atomic mass is 15.1. The van der Waals surface area contributed by atoms with E-state index in [1.165, 1.54) is 38.1 Å². The van der Waals surface area contributed by atoms with Crippen LogP contribution in [0.15, 0.2) is 152 Å². The molecule has 5 nitrogen and oxygen atoms in total. The van der Waals surface area contributed by atoms with E-state index in [4.69, 9.17) is 9.97 Å². The average Bonchev–Trinajstić information content (AvgIpc) is 3.79. The van der Waals surface area contributed by atoms with Crippen molar-refractivity contribution in [1.29, 1.82) is 0 Å². The molecule has 218 valence electrons. The Morgan fingerprint density at radius 2 is 1.02 bits per heavy atom. The molecule has 0 saturated heterocycles. The number of benzene rings is 6. The van der Waals surface area contributed by atoms with Crippen LogP contribution >= 0.6 is 0 Å². The van der Waals surface area contributed by atoms with Gasteiger partial charge in [0.05, 0.1) is 33.1 Å². The summed E-state index contributed by atoms with van der Waals surface area (Å²) >= 11 is 0. The van der Waals surface area contributed by atoms with E-state index < -0.39 is 0 Å². The number of para-hydroxylation sites is 5. The molecule has 5 aromatic heterocycles. The van der Waals surface area contributed by atoms with E-state index in [1.807, 2.05) is 12.3 Å². The minimum atomic E-state index is 0.918. The number of pyridine rings is 2. The van der Waals surface area contributed by atoms with Gasteiger partial charge < -0.3 is 9.13 Å². The van der Waals surface area contributed by atoms with Crippen molar-refractivity contribution >= 4 is 82.1 Å².